The van der Waals surface area contributed by atoms with E-state index in [4.69, 9.17) is 9.29 Å². The van der Waals surface area contributed by atoms with Crippen LogP contribution in [0.25, 0.3) is 0 Å². The minimum Gasteiger partial charge on any atom is -0.395 e. The molecular weight excluding hydrogens is 182 g/mol. The summed E-state index contributed by atoms with van der Waals surface area (Å²) in [6.45, 7) is 0.502. The molecule has 12 heavy (non-hydrogen) atoms. The van der Waals surface area contributed by atoms with Gasteiger partial charge in [-0.15, -0.1) is 0 Å². The van der Waals surface area contributed by atoms with Gasteiger partial charge in [0.2, 0.25) is 0 Å². The number of hydrogen-bond donors (Lipinski definition) is 2. The lowest BCUT2D eigenvalue weighted by Gasteiger charge is -2.07. The molecule has 5 nitrogen and oxygen atoms in total. The van der Waals surface area contributed by atoms with Crippen molar-refractivity contribution in [3.05, 3.63) is 0 Å². The molecule has 0 aromatic heterocycles. The van der Waals surface area contributed by atoms with Crippen LogP contribution >= 0.6 is 0 Å². The molecular formula is C6H13NO4S. The van der Waals surface area contributed by atoms with Gasteiger partial charge in [0.05, 0.1) is 19.0 Å². The zero-order valence-corrected chi connectivity index (χ0v) is 7.67. The maximum atomic E-state index is 10.7. The van der Waals surface area contributed by atoms with Crippen LogP contribution in [-0.2, 0) is 14.3 Å². The Morgan fingerprint density at radius 1 is 1.67 bits per heavy atom. The molecule has 1 aliphatic rings. The Morgan fingerprint density at radius 3 is 2.75 bits per heavy atom. The molecule has 0 unspecified atom stereocenters. The van der Waals surface area contributed by atoms with Gasteiger partial charge in [-0.05, 0) is 6.42 Å². The first-order chi connectivity index (χ1) is 5.51. The third kappa shape index (κ3) is 3.06. The van der Waals surface area contributed by atoms with Crippen molar-refractivity contribution in [1.82, 2.24) is 5.32 Å². The fourth-order valence-electron chi connectivity index (χ4n) is 1.24. The van der Waals surface area contributed by atoms with E-state index in [1.54, 1.807) is 0 Å². The summed E-state index contributed by atoms with van der Waals surface area (Å²) in [4.78, 5) is 0. The highest BCUT2D eigenvalue weighted by molar-refractivity contribution is 7.86. The standard InChI is InChI=1S/C6H13NO4S/c1-12(9,10)11-6-2-5(4-8)7-3-6/h5-8H,2-4H2,1H3/t5-,6+/m0/s1. The van der Waals surface area contributed by atoms with Gasteiger partial charge in [-0.25, -0.2) is 0 Å². The topological polar surface area (TPSA) is 75.6 Å². The molecule has 1 rings (SSSR count). The lowest BCUT2D eigenvalue weighted by atomic mass is 10.2. The zero-order valence-electron chi connectivity index (χ0n) is 6.86. The maximum Gasteiger partial charge on any atom is 0.264 e. The van der Waals surface area contributed by atoms with Crippen molar-refractivity contribution in [3.8, 4) is 0 Å². The van der Waals surface area contributed by atoms with Gasteiger partial charge >= 0.3 is 0 Å². The van der Waals surface area contributed by atoms with E-state index in [0.717, 1.165) is 6.26 Å². The molecule has 0 spiro atoms. The van der Waals surface area contributed by atoms with E-state index in [0.29, 0.717) is 13.0 Å². The number of aliphatic hydroxyl groups excluding tert-OH is 1. The lowest BCUT2D eigenvalue weighted by Crippen LogP contribution is -2.25. The van der Waals surface area contributed by atoms with Gasteiger partial charge in [0.1, 0.15) is 0 Å². The largest absolute Gasteiger partial charge is 0.395 e. The van der Waals surface area contributed by atoms with Crippen LogP contribution in [-0.4, -0.2) is 45.1 Å². The van der Waals surface area contributed by atoms with Crippen LogP contribution in [0.15, 0.2) is 0 Å². The van der Waals surface area contributed by atoms with E-state index in [1.807, 2.05) is 0 Å². The van der Waals surface area contributed by atoms with Crippen LogP contribution in [0.3, 0.4) is 0 Å². The highest BCUT2D eigenvalue weighted by atomic mass is 32.2. The molecule has 0 saturated carbocycles. The second kappa shape index (κ2) is 3.69. The van der Waals surface area contributed by atoms with Crippen LogP contribution in [0.5, 0.6) is 0 Å². The lowest BCUT2D eigenvalue weighted by molar-refractivity contribution is 0.213. The van der Waals surface area contributed by atoms with E-state index in [9.17, 15) is 8.42 Å². The van der Waals surface area contributed by atoms with Gasteiger partial charge in [-0.1, -0.05) is 0 Å². The Hall–Kier alpha value is -0.170. The average Bonchev–Trinajstić information content (AvgIpc) is 2.32. The van der Waals surface area contributed by atoms with E-state index < -0.39 is 10.1 Å². The fourth-order valence-corrected chi connectivity index (χ4v) is 1.88. The number of nitrogens with one attached hydrogen (secondary N) is 1. The molecule has 0 amide bonds. The van der Waals surface area contributed by atoms with E-state index in [-0.39, 0.29) is 18.8 Å². The molecule has 1 aliphatic heterocycles. The van der Waals surface area contributed by atoms with Gasteiger partial charge in [-0.3, -0.25) is 4.18 Å². The fraction of sp³-hybridized carbons (Fsp3) is 1.00. The Bertz CT molecular complexity index is 238. The van der Waals surface area contributed by atoms with Gasteiger partial charge in [-0.2, -0.15) is 8.42 Å². The summed E-state index contributed by atoms with van der Waals surface area (Å²) in [6.07, 6.45) is 1.25. The summed E-state index contributed by atoms with van der Waals surface area (Å²) >= 11 is 0. The smallest absolute Gasteiger partial charge is 0.264 e. The van der Waals surface area contributed by atoms with Gasteiger partial charge < -0.3 is 10.4 Å². The second-order valence-corrected chi connectivity index (χ2v) is 4.55. The van der Waals surface area contributed by atoms with Gasteiger partial charge in [0.25, 0.3) is 10.1 Å². The first kappa shape index (κ1) is 9.91. The normalized spacial score (nSPS) is 30.8. The summed E-state index contributed by atoms with van der Waals surface area (Å²) in [5, 5.41) is 11.7. The Labute approximate surface area is 71.9 Å². The van der Waals surface area contributed by atoms with Crippen LogP contribution in [0.2, 0.25) is 0 Å². The van der Waals surface area contributed by atoms with Crippen molar-refractivity contribution in [3.63, 3.8) is 0 Å². The van der Waals surface area contributed by atoms with Crippen LogP contribution < -0.4 is 5.32 Å². The van der Waals surface area contributed by atoms with E-state index >= 15 is 0 Å². The summed E-state index contributed by atoms with van der Waals surface area (Å²) in [7, 11) is -3.36. The number of hydrogen-bond acceptors (Lipinski definition) is 5. The predicted octanol–water partition coefficient (Wildman–Crippen LogP) is -1.31. The third-order valence-electron chi connectivity index (χ3n) is 1.71. The Morgan fingerprint density at radius 2 is 2.33 bits per heavy atom. The molecule has 1 saturated heterocycles. The van der Waals surface area contributed by atoms with Crippen molar-refractivity contribution in [2.45, 2.75) is 18.6 Å². The van der Waals surface area contributed by atoms with Crippen LogP contribution in [0, 0.1) is 0 Å². The Balaban J connectivity index is 2.38. The van der Waals surface area contributed by atoms with Crippen molar-refractivity contribution in [2.75, 3.05) is 19.4 Å². The molecule has 2 atom stereocenters. The molecule has 0 aromatic rings. The average molecular weight is 195 g/mol. The molecule has 0 aromatic carbocycles. The quantitative estimate of drug-likeness (QED) is 0.547. The van der Waals surface area contributed by atoms with Gasteiger partial charge in [0, 0.05) is 12.6 Å². The molecule has 1 heterocycles. The predicted molar refractivity (Wildman–Crippen MR) is 43.2 cm³/mol. The highest BCUT2D eigenvalue weighted by Crippen LogP contribution is 2.11. The molecule has 6 heteroatoms. The first-order valence-electron chi connectivity index (χ1n) is 3.74. The van der Waals surface area contributed by atoms with E-state index in [1.165, 1.54) is 0 Å². The second-order valence-electron chi connectivity index (χ2n) is 2.95. The zero-order chi connectivity index (χ0) is 9.19. The molecule has 0 bridgehead atoms. The SMILES string of the molecule is CS(=O)(=O)O[C@H]1CN[C@H](CO)C1. The minimum atomic E-state index is -3.36. The van der Waals surface area contributed by atoms with Crippen molar-refractivity contribution in [1.29, 1.82) is 0 Å². The highest BCUT2D eigenvalue weighted by Gasteiger charge is 2.26. The number of aliphatic hydroxyl groups is 1. The van der Waals surface area contributed by atoms with Crippen LogP contribution in [0.1, 0.15) is 6.42 Å². The Kier molecular flexibility index (Phi) is 3.05. The minimum absolute atomic E-state index is 0.0175. The molecule has 72 valence electrons. The van der Waals surface area contributed by atoms with Crippen LogP contribution in [0.4, 0.5) is 0 Å². The first-order valence-corrected chi connectivity index (χ1v) is 5.55. The molecule has 1 fully saturated rings. The van der Waals surface area contributed by atoms with Crippen molar-refractivity contribution < 1.29 is 17.7 Å². The summed E-state index contributed by atoms with van der Waals surface area (Å²) in [6, 6.07) is -0.0308. The summed E-state index contributed by atoms with van der Waals surface area (Å²) in [5.74, 6) is 0. The van der Waals surface area contributed by atoms with Crippen molar-refractivity contribution in [2.24, 2.45) is 0 Å². The molecule has 0 aliphatic carbocycles. The summed E-state index contributed by atoms with van der Waals surface area (Å²) in [5.41, 5.74) is 0. The third-order valence-corrected chi connectivity index (χ3v) is 2.33. The number of rotatable bonds is 3. The van der Waals surface area contributed by atoms with E-state index in [2.05, 4.69) is 5.32 Å². The molecule has 2 N–H and O–H groups in total. The summed E-state index contributed by atoms with van der Waals surface area (Å²) < 4.78 is 26.1. The van der Waals surface area contributed by atoms with Gasteiger partial charge in [0.15, 0.2) is 0 Å². The monoisotopic (exact) mass is 195 g/mol. The maximum absolute atomic E-state index is 10.7. The van der Waals surface area contributed by atoms with Crippen molar-refractivity contribution >= 4 is 10.1 Å². The molecule has 0 radical (unpaired) electrons.